The first-order chi connectivity index (χ1) is 16.8. The van der Waals surface area contributed by atoms with Gasteiger partial charge in [0.15, 0.2) is 0 Å². The summed E-state index contributed by atoms with van der Waals surface area (Å²) in [6.45, 7) is 2.17. The van der Waals surface area contributed by atoms with Gasteiger partial charge in [0.2, 0.25) is 11.8 Å². The van der Waals surface area contributed by atoms with Crippen molar-refractivity contribution < 1.29 is 19.1 Å². The summed E-state index contributed by atoms with van der Waals surface area (Å²) in [7, 11) is 1.67. The molecule has 2 aromatic rings. The number of nitrogens with two attached hydrogens (primary N) is 1. The summed E-state index contributed by atoms with van der Waals surface area (Å²) in [6, 6.07) is 15.2. The predicted molar refractivity (Wildman–Crippen MR) is 135 cm³/mol. The molecule has 2 amide bonds. The Hall–Kier alpha value is -3.16. The number of esters is 1. The lowest BCUT2D eigenvalue weighted by atomic mass is 9.95. The van der Waals surface area contributed by atoms with Crippen LogP contribution >= 0.6 is 11.6 Å². The van der Waals surface area contributed by atoms with Crippen LogP contribution in [-0.2, 0) is 25.7 Å². The Morgan fingerprint density at radius 3 is 2.43 bits per heavy atom. The molecule has 0 saturated carbocycles. The predicted octanol–water partition coefficient (Wildman–Crippen LogP) is 3.77. The number of hydrogen-bond donors (Lipinski definition) is 2. The average Bonchev–Trinajstić information content (AvgIpc) is 2.87. The molecule has 3 rings (SSSR count). The van der Waals surface area contributed by atoms with Gasteiger partial charge in [-0.2, -0.15) is 0 Å². The fourth-order valence-corrected chi connectivity index (χ4v) is 4.09. The second kappa shape index (κ2) is 12.5. The molecule has 0 fully saturated rings. The zero-order chi connectivity index (χ0) is 25.4. The summed E-state index contributed by atoms with van der Waals surface area (Å²) in [5.41, 5.74) is 7.73. The highest BCUT2D eigenvalue weighted by atomic mass is 35.5. The molecule has 2 aromatic carbocycles. The third kappa shape index (κ3) is 7.41. The van der Waals surface area contributed by atoms with Crippen LogP contribution in [0.5, 0.6) is 0 Å². The van der Waals surface area contributed by atoms with Crippen LogP contribution < -0.4 is 11.1 Å². The number of cyclic esters (lactones) is 1. The number of allylic oxidation sites excluding steroid dienone is 1. The van der Waals surface area contributed by atoms with Gasteiger partial charge in [-0.3, -0.25) is 14.4 Å². The van der Waals surface area contributed by atoms with E-state index in [0.29, 0.717) is 18.0 Å². The zero-order valence-electron chi connectivity index (χ0n) is 20.0. The number of carbonyl (C=O) groups excluding carboxylic acids is 3. The first kappa shape index (κ1) is 26.4. The van der Waals surface area contributed by atoms with Crippen LogP contribution in [0, 0.1) is 5.92 Å². The van der Waals surface area contributed by atoms with E-state index in [1.807, 2.05) is 49.4 Å². The molecule has 0 unspecified atom stereocenters. The minimum atomic E-state index is -0.814. The van der Waals surface area contributed by atoms with Crippen LogP contribution in [0.3, 0.4) is 0 Å². The maximum absolute atomic E-state index is 13.5. The van der Waals surface area contributed by atoms with E-state index in [-0.39, 0.29) is 24.7 Å². The number of likely N-dealkylation sites (N-methyl/N-ethyl adjacent to an activating group) is 1. The molecule has 1 heterocycles. The van der Waals surface area contributed by atoms with Gasteiger partial charge in [-0.15, -0.1) is 0 Å². The quantitative estimate of drug-likeness (QED) is 0.483. The van der Waals surface area contributed by atoms with Crippen molar-refractivity contribution in [2.45, 2.75) is 50.9 Å². The molecule has 1 aliphatic heterocycles. The molecule has 1 aliphatic rings. The highest BCUT2D eigenvalue weighted by Gasteiger charge is 2.34. The molecular formula is C27H32ClN3O4. The molecule has 7 nitrogen and oxygen atoms in total. The van der Waals surface area contributed by atoms with E-state index in [2.05, 4.69) is 5.32 Å². The SMILES string of the molecule is C[C@H]1[C@@H](c2ccccc2)OC(=O)[C@@H](N)C/C=C\C[C@@H](CC(=O)NCc2ccc(Cl)cc2)C(=O)N1C. The molecule has 186 valence electrons. The molecule has 0 radical (unpaired) electrons. The van der Waals surface area contributed by atoms with Crippen LogP contribution in [0.4, 0.5) is 0 Å². The number of amides is 2. The highest BCUT2D eigenvalue weighted by Crippen LogP contribution is 2.27. The zero-order valence-corrected chi connectivity index (χ0v) is 20.8. The van der Waals surface area contributed by atoms with Crippen LogP contribution in [0.15, 0.2) is 66.7 Å². The van der Waals surface area contributed by atoms with Crippen LogP contribution in [0.2, 0.25) is 5.02 Å². The van der Waals surface area contributed by atoms with Crippen molar-refractivity contribution >= 4 is 29.4 Å². The van der Waals surface area contributed by atoms with E-state index in [1.54, 1.807) is 36.2 Å². The van der Waals surface area contributed by atoms with Crippen LogP contribution in [0.25, 0.3) is 0 Å². The Balaban J connectivity index is 1.77. The van der Waals surface area contributed by atoms with E-state index in [0.717, 1.165) is 11.1 Å². The molecule has 0 bridgehead atoms. The Bertz CT molecular complexity index is 1040. The lowest BCUT2D eigenvalue weighted by Gasteiger charge is -2.34. The van der Waals surface area contributed by atoms with Gasteiger partial charge in [0.1, 0.15) is 12.1 Å². The van der Waals surface area contributed by atoms with Gasteiger partial charge >= 0.3 is 5.97 Å². The van der Waals surface area contributed by atoms with Gasteiger partial charge in [0.05, 0.1) is 12.0 Å². The number of rotatable bonds is 5. The van der Waals surface area contributed by atoms with Crippen molar-refractivity contribution in [3.8, 4) is 0 Å². The average molecular weight is 498 g/mol. The maximum atomic E-state index is 13.5. The van der Waals surface area contributed by atoms with E-state index in [4.69, 9.17) is 22.1 Å². The second-order valence-corrected chi connectivity index (χ2v) is 9.25. The Morgan fingerprint density at radius 1 is 1.09 bits per heavy atom. The molecule has 0 spiro atoms. The van der Waals surface area contributed by atoms with Crippen molar-refractivity contribution in [3.05, 3.63) is 82.9 Å². The monoisotopic (exact) mass is 497 g/mol. The van der Waals surface area contributed by atoms with Gasteiger partial charge in [-0.1, -0.05) is 66.2 Å². The number of benzene rings is 2. The van der Waals surface area contributed by atoms with Crippen molar-refractivity contribution in [2.75, 3.05) is 7.05 Å². The Kier molecular flexibility index (Phi) is 9.46. The normalized spacial score (nSPS) is 24.6. The number of nitrogens with zero attached hydrogens (tertiary/aromatic N) is 1. The summed E-state index contributed by atoms with van der Waals surface area (Å²) in [4.78, 5) is 40.4. The first-order valence-corrected chi connectivity index (χ1v) is 12.1. The lowest BCUT2D eigenvalue weighted by Crippen LogP contribution is -2.45. The molecule has 0 aliphatic carbocycles. The molecule has 8 heteroatoms. The fraction of sp³-hybridized carbons (Fsp3) is 0.370. The maximum Gasteiger partial charge on any atom is 0.323 e. The third-order valence-corrected chi connectivity index (χ3v) is 6.48. The minimum absolute atomic E-state index is 0.0374. The fourth-order valence-electron chi connectivity index (χ4n) is 3.96. The Morgan fingerprint density at radius 2 is 1.74 bits per heavy atom. The molecular weight excluding hydrogens is 466 g/mol. The van der Waals surface area contributed by atoms with Gasteiger partial charge in [0.25, 0.3) is 0 Å². The van der Waals surface area contributed by atoms with E-state index < -0.39 is 30.1 Å². The molecule has 35 heavy (non-hydrogen) atoms. The molecule has 4 atom stereocenters. The number of halogens is 1. The number of nitrogens with one attached hydrogen (secondary N) is 1. The van der Waals surface area contributed by atoms with E-state index in [1.165, 1.54) is 0 Å². The van der Waals surface area contributed by atoms with Crippen molar-refractivity contribution in [2.24, 2.45) is 11.7 Å². The van der Waals surface area contributed by atoms with Gasteiger partial charge in [-0.25, -0.2) is 0 Å². The Labute approximate surface area is 211 Å². The highest BCUT2D eigenvalue weighted by molar-refractivity contribution is 6.30. The number of hydrogen-bond acceptors (Lipinski definition) is 5. The lowest BCUT2D eigenvalue weighted by molar-refractivity contribution is -0.157. The molecule has 0 aromatic heterocycles. The molecule has 0 saturated heterocycles. The summed E-state index contributed by atoms with van der Waals surface area (Å²) >= 11 is 5.92. The van der Waals surface area contributed by atoms with Gasteiger partial charge in [-0.05, 0) is 43.0 Å². The van der Waals surface area contributed by atoms with Gasteiger partial charge in [0, 0.05) is 25.0 Å². The second-order valence-electron chi connectivity index (χ2n) is 8.81. The summed E-state index contributed by atoms with van der Waals surface area (Å²) in [5.74, 6) is -1.49. The number of ether oxygens (including phenoxy) is 1. The standard InChI is InChI=1S/C27H32ClN3O4/c1-18-25(20-8-4-3-5-9-20)35-27(34)23(29)11-7-6-10-21(26(33)31(18)2)16-24(32)30-17-19-12-14-22(28)15-13-19/h3-9,12-15,18,21,23,25H,10-11,16-17,29H2,1-2H3,(H,30,32)/b7-6-/t18-,21-,23-,25-/m0/s1. The van der Waals surface area contributed by atoms with E-state index >= 15 is 0 Å². The van der Waals surface area contributed by atoms with Crippen LogP contribution in [0.1, 0.15) is 43.4 Å². The summed E-state index contributed by atoms with van der Waals surface area (Å²) < 4.78 is 5.78. The largest absolute Gasteiger partial charge is 0.454 e. The minimum Gasteiger partial charge on any atom is -0.454 e. The summed E-state index contributed by atoms with van der Waals surface area (Å²) in [5, 5.41) is 3.51. The van der Waals surface area contributed by atoms with Crippen molar-refractivity contribution in [1.82, 2.24) is 10.2 Å². The van der Waals surface area contributed by atoms with Crippen LogP contribution in [-0.4, -0.2) is 41.8 Å². The van der Waals surface area contributed by atoms with Gasteiger partial charge < -0.3 is 20.7 Å². The van der Waals surface area contributed by atoms with E-state index in [9.17, 15) is 14.4 Å². The first-order valence-electron chi connectivity index (χ1n) is 11.7. The number of carbonyl (C=O) groups is 3. The van der Waals surface area contributed by atoms with Crippen molar-refractivity contribution in [3.63, 3.8) is 0 Å². The third-order valence-electron chi connectivity index (χ3n) is 6.23. The topological polar surface area (TPSA) is 102 Å². The molecule has 3 N–H and O–H groups in total. The smallest absolute Gasteiger partial charge is 0.323 e. The summed E-state index contributed by atoms with van der Waals surface area (Å²) in [6.07, 6.45) is 3.56. The van der Waals surface area contributed by atoms with Crippen molar-refractivity contribution in [1.29, 1.82) is 0 Å².